The van der Waals surface area contributed by atoms with Gasteiger partial charge in [0.2, 0.25) is 5.91 Å². The van der Waals surface area contributed by atoms with E-state index in [-0.39, 0.29) is 30.2 Å². The highest BCUT2D eigenvalue weighted by atomic mass is 16.5. The van der Waals surface area contributed by atoms with Crippen molar-refractivity contribution in [1.82, 2.24) is 15.5 Å². The van der Waals surface area contributed by atoms with Gasteiger partial charge in [-0.2, -0.15) is 0 Å². The molecule has 3 aromatic rings. The first-order valence-corrected chi connectivity index (χ1v) is 12.2. The van der Waals surface area contributed by atoms with Crippen molar-refractivity contribution < 1.29 is 28.3 Å². The standard InChI is InChI=1S/C28H31N3O6/c1-35-22-10-8-20(9-11-22)28(34)31-14-12-19(13-15-31)25(27(33)29-18-24-7-4-16-37-24)30-26(32)21-5-3-6-23(17-21)36-2/h3-11,16-17,19,25H,12-15,18H2,1-2H3,(H,29,33)(H,30,32). The largest absolute Gasteiger partial charge is 0.497 e. The molecule has 2 heterocycles. The number of amides is 3. The minimum absolute atomic E-state index is 0.0691. The fourth-order valence-corrected chi connectivity index (χ4v) is 4.44. The van der Waals surface area contributed by atoms with Crippen LogP contribution in [0.25, 0.3) is 0 Å². The first-order chi connectivity index (χ1) is 18.0. The molecular weight excluding hydrogens is 474 g/mol. The molecule has 1 aliphatic heterocycles. The SMILES string of the molecule is COc1ccc(C(=O)N2CCC(C(NC(=O)c3cccc(OC)c3)C(=O)NCc3ccco3)CC2)cc1. The Morgan fingerprint density at radius 3 is 2.32 bits per heavy atom. The van der Waals surface area contributed by atoms with Gasteiger partial charge in [0.15, 0.2) is 0 Å². The minimum atomic E-state index is -0.771. The molecule has 2 N–H and O–H groups in total. The van der Waals surface area contributed by atoms with Gasteiger partial charge in [-0.15, -0.1) is 0 Å². The summed E-state index contributed by atoms with van der Waals surface area (Å²) >= 11 is 0. The van der Waals surface area contributed by atoms with E-state index in [1.165, 1.54) is 7.11 Å². The number of nitrogens with one attached hydrogen (secondary N) is 2. The number of hydrogen-bond donors (Lipinski definition) is 2. The summed E-state index contributed by atoms with van der Waals surface area (Å²) in [5.74, 6) is 0.973. The predicted octanol–water partition coefficient (Wildman–Crippen LogP) is 3.26. The van der Waals surface area contributed by atoms with Crippen molar-refractivity contribution in [3.05, 3.63) is 83.8 Å². The lowest BCUT2D eigenvalue weighted by atomic mass is 9.88. The van der Waals surface area contributed by atoms with E-state index in [0.717, 1.165) is 0 Å². The lowest BCUT2D eigenvalue weighted by Crippen LogP contribution is -2.53. The summed E-state index contributed by atoms with van der Waals surface area (Å²) < 4.78 is 15.7. The minimum Gasteiger partial charge on any atom is -0.497 e. The fourth-order valence-electron chi connectivity index (χ4n) is 4.44. The third-order valence-electron chi connectivity index (χ3n) is 6.55. The number of benzene rings is 2. The Morgan fingerprint density at radius 1 is 0.946 bits per heavy atom. The van der Waals surface area contributed by atoms with E-state index in [0.29, 0.717) is 54.3 Å². The average molecular weight is 506 g/mol. The predicted molar refractivity (Wildman–Crippen MR) is 136 cm³/mol. The maximum atomic E-state index is 13.2. The van der Waals surface area contributed by atoms with Crippen molar-refractivity contribution in [2.45, 2.75) is 25.4 Å². The van der Waals surface area contributed by atoms with Crippen molar-refractivity contribution in [2.75, 3.05) is 27.3 Å². The lowest BCUT2D eigenvalue weighted by molar-refractivity contribution is -0.124. The molecule has 1 atom stereocenters. The summed E-state index contributed by atoms with van der Waals surface area (Å²) in [6, 6.07) is 16.5. The monoisotopic (exact) mass is 505 g/mol. The molecule has 9 nitrogen and oxygen atoms in total. The Balaban J connectivity index is 1.44. The average Bonchev–Trinajstić information content (AvgIpc) is 3.48. The Hall–Kier alpha value is -4.27. The molecule has 9 heteroatoms. The topological polar surface area (TPSA) is 110 Å². The van der Waals surface area contributed by atoms with Crippen LogP contribution in [0.5, 0.6) is 11.5 Å². The van der Waals surface area contributed by atoms with Gasteiger partial charge in [-0.25, -0.2) is 0 Å². The van der Waals surface area contributed by atoms with E-state index < -0.39 is 6.04 Å². The third kappa shape index (κ3) is 6.49. The lowest BCUT2D eigenvalue weighted by Gasteiger charge is -2.36. The molecule has 3 amide bonds. The molecule has 4 rings (SSSR count). The van der Waals surface area contributed by atoms with Crippen LogP contribution in [0.4, 0.5) is 0 Å². The quantitative estimate of drug-likeness (QED) is 0.462. The van der Waals surface area contributed by atoms with Crippen LogP contribution >= 0.6 is 0 Å². The number of carbonyl (C=O) groups is 3. The zero-order valence-corrected chi connectivity index (χ0v) is 20.9. The summed E-state index contributed by atoms with van der Waals surface area (Å²) in [7, 11) is 3.11. The number of rotatable bonds is 9. The Labute approximate surface area is 215 Å². The number of ether oxygens (including phenoxy) is 2. The summed E-state index contributed by atoms with van der Waals surface area (Å²) in [6.07, 6.45) is 2.68. The zero-order valence-electron chi connectivity index (χ0n) is 20.9. The van der Waals surface area contributed by atoms with Crippen molar-refractivity contribution in [3.63, 3.8) is 0 Å². The van der Waals surface area contributed by atoms with E-state index in [2.05, 4.69) is 10.6 Å². The number of nitrogens with zero attached hydrogens (tertiary/aromatic N) is 1. The number of piperidine rings is 1. The maximum Gasteiger partial charge on any atom is 0.253 e. The van der Waals surface area contributed by atoms with Crippen LogP contribution < -0.4 is 20.1 Å². The van der Waals surface area contributed by atoms with Crippen LogP contribution in [0.15, 0.2) is 71.3 Å². The Morgan fingerprint density at radius 2 is 1.68 bits per heavy atom. The number of furan rings is 1. The molecule has 2 aromatic carbocycles. The van der Waals surface area contributed by atoms with Crippen LogP contribution in [0.3, 0.4) is 0 Å². The Kier molecular flexibility index (Phi) is 8.45. The van der Waals surface area contributed by atoms with Gasteiger partial charge in [-0.1, -0.05) is 6.07 Å². The summed E-state index contributed by atoms with van der Waals surface area (Å²) in [4.78, 5) is 41.1. The molecule has 0 bridgehead atoms. The van der Waals surface area contributed by atoms with Crippen molar-refractivity contribution in [1.29, 1.82) is 0 Å². The third-order valence-corrected chi connectivity index (χ3v) is 6.55. The van der Waals surface area contributed by atoms with Gasteiger partial charge in [0.05, 0.1) is 27.0 Å². The normalized spacial score (nSPS) is 14.5. The number of carbonyl (C=O) groups excluding carboxylic acids is 3. The molecule has 1 unspecified atom stereocenters. The van der Waals surface area contributed by atoms with E-state index in [1.54, 1.807) is 78.9 Å². The van der Waals surface area contributed by atoms with Crippen LogP contribution in [0, 0.1) is 5.92 Å². The second kappa shape index (κ2) is 12.1. The number of likely N-dealkylation sites (tertiary alicyclic amines) is 1. The van der Waals surface area contributed by atoms with Gasteiger partial charge in [0.1, 0.15) is 23.3 Å². The summed E-state index contributed by atoms with van der Waals surface area (Å²) in [5, 5.41) is 5.79. The number of hydrogen-bond acceptors (Lipinski definition) is 6. The van der Waals surface area contributed by atoms with Crippen LogP contribution in [0.1, 0.15) is 39.3 Å². The fraction of sp³-hybridized carbons (Fsp3) is 0.321. The van der Waals surface area contributed by atoms with Crippen molar-refractivity contribution in [3.8, 4) is 11.5 Å². The summed E-state index contributed by atoms with van der Waals surface area (Å²) in [6.45, 7) is 1.17. The zero-order chi connectivity index (χ0) is 26.2. The van der Waals surface area contributed by atoms with Crippen LogP contribution in [0.2, 0.25) is 0 Å². The molecule has 1 aromatic heterocycles. The van der Waals surface area contributed by atoms with E-state index in [4.69, 9.17) is 13.9 Å². The number of methoxy groups -OCH3 is 2. The first-order valence-electron chi connectivity index (χ1n) is 12.2. The van der Waals surface area contributed by atoms with Crippen molar-refractivity contribution in [2.24, 2.45) is 5.92 Å². The van der Waals surface area contributed by atoms with Gasteiger partial charge in [0, 0.05) is 24.2 Å². The van der Waals surface area contributed by atoms with Gasteiger partial charge >= 0.3 is 0 Å². The molecule has 194 valence electrons. The highest BCUT2D eigenvalue weighted by Gasteiger charge is 2.34. The molecule has 0 radical (unpaired) electrons. The molecule has 1 aliphatic rings. The second-order valence-electron chi connectivity index (χ2n) is 8.84. The van der Waals surface area contributed by atoms with Crippen LogP contribution in [-0.4, -0.2) is 56.0 Å². The molecule has 0 aliphatic carbocycles. The second-order valence-corrected chi connectivity index (χ2v) is 8.84. The van der Waals surface area contributed by atoms with Crippen molar-refractivity contribution >= 4 is 17.7 Å². The van der Waals surface area contributed by atoms with Crippen LogP contribution in [-0.2, 0) is 11.3 Å². The van der Waals surface area contributed by atoms with Gasteiger partial charge in [0.25, 0.3) is 11.8 Å². The first kappa shape index (κ1) is 25.8. The van der Waals surface area contributed by atoms with Gasteiger partial charge < -0.3 is 29.4 Å². The van der Waals surface area contributed by atoms with Gasteiger partial charge in [-0.05, 0) is 73.4 Å². The van der Waals surface area contributed by atoms with E-state index in [9.17, 15) is 14.4 Å². The smallest absolute Gasteiger partial charge is 0.253 e. The maximum absolute atomic E-state index is 13.2. The van der Waals surface area contributed by atoms with E-state index >= 15 is 0 Å². The molecule has 37 heavy (non-hydrogen) atoms. The molecular formula is C28H31N3O6. The molecule has 1 fully saturated rings. The summed E-state index contributed by atoms with van der Waals surface area (Å²) in [5.41, 5.74) is 0.980. The Bertz CT molecular complexity index is 1200. The molecule has 1 saturated heterocycles. The molecule has 0 spiro atoms. The highest BCUT2D eigenvalue weighted by molar-refractivity contribution is 5.98. The van der Waals surface area contributed by atoms with Gasteiger partial charge in [-0.3, -0.25) is 14.4 Å². The highest BCUT2D eigenvalue weighted by Crippen LogP contribution is 2.24. The molecule has 0 saturated carbocycles. The van der Waals surface area contributed by atoms with E-state index in [1.807, 2.05) is 0 Å².